The van der Waals surface area contributed by atoms with Crippen molar-refractivity contribution in [3.63, 3.8) is 0 Å². The number of methoxy groups -OCH3 is 1. The van der Waals surface area contributed by atoms with Crippen molar-refractivity contribution in [2.45, 2.75) is 19.4 Å². The molecule has 0 aromatic heterocycles. The van der Waals surface area contributed by atoms with Crippen molar-refractivity contribution in [2.75, 3.05) is 20.2 Å². The van der Waals surface area contributed by atoms with Crippen LogP contribution in [0.15, 0.2) is 22.7 Å². The summed E-state index contributed by atoms with van der Waals surface area (Å²) in [5.41, 5.74) is 1.76. The third-order valence-electron chi connectivity index (χ3n) is 2.99. The van der Waals surface area contributed by atoms with E-state index in [0.717, 1.165) is 41.5 Å². The number of halogens is 1. The number of hydrogen-bond donors (Lipinski definition) is 0. The van der Waals surface area contributed by atoms with Crippen LogP contribution >= 0.6 is 15.9 Å². The highest BCUT2D eigenvalue weighted by Gasteiger charge is 2.19. The van der Waals surface area contributed by atoms with Crippen molar-refractivity contribution in [3.05, 3.63) is 33.8 Å². The molecule has 0 unspecified atom stereocenters. The number of amides is 1. The molecule has 0 bridgehead atoms. The zero-order valence-electron chi connectivity index (χ0n) is 9.91. The lowest BCUT2D eigenvalue weighted by atomic mass is 10.1. The minimum absolute atomic E-state index is 0.132. The fraction of sp³-hybridized carbons (Fsp3) is 0.462. The monoisotopic (exact) mass is 297 g/mol. The van der Waals surface area contributed by atoms with E-state index in [1.54, 1.807) is 7.11 Å². The van der Waals surface area contributed by atoms with E-state index in [1.807, 2.05) is 23.1 Å². The zero-order valence-corrected chi connectivity index (χ0v) is 11.5. The van der Waals surface area contributed by atoms with Crippen molar-refractivity contribution in [1.29, 1.82) is 0 Å². The smallest absolute Gasteiger partial charge is 0.253 e. The first-order valence-corrected chi connectivity index (χ1v) is 6.58. The van der Waals surface area contributed by atoms with Gasteiger partial charge in [0.05, 0.1) is 6.61 Å². The fourth-order valence-electron chi connectivity index (χ4n) is 2.08. The lowest BCUT2D eigenvalue weighted by Gasteiger charge is -2.16. The van der Waals surface area contributed by atoms with Crippen LogP contribution in [-0.2, 0) is 11.3 Å². The predicted molar refractivity (Wildman–Crippen MR) is 70.0 cm³/mol. The van der Waals surface area contributed by atoms with Gasteiger partial charge in [-0.25, -0.2) is 0 Å². The van der Waals surface area contributed by atoms with Crippen LogP contribution in [0.1, 0.15) is 28.8 Å². The molecular formula is C13H16BrNO2. The molecule has 2 rings (SSSR count). The standard InChI is InChI=1S/C13H16BrNO2/c1-17-9-11-8-10(4-5-12(11)14)13(16)15-6-2-3-7-15/h4-5,8H,2-3,6-7,9H2,1H3. The molecule has 4 heteroatoms. The minimum Gasteiger partial charge on any atom is -0.380 e. The first-order chi connectivity index (χ1) is 8.22. The number of rotatable bonds is 3. The average Bonchev–Trinajstić information content (AvgIpc) is 2.85. The third kappa shape index (κ3) is 2.87. The van der Waals surface area contributed by atoms with Crippen LogP contribution in [0, 0.1) is 0 Å². The number of carbonyl (C=O) groups excluding carboxylic acids is 1. The molecular weight excluding hydrogens is 282 g/mol. The van der Waals surface area contributed by atoms with Crippen LogP contribution in [0.5, 0.6) is 0 Å². The largest absolute Gasteiger partial charge is 0.380 e. The van der Waals surface area contributed by atoms with Crippen molar-refractivity contribution in [2.24, 2.45) is 0 Å². The summed E-state index contributed by atoms with van der Waals surface area (Å²) in [6.45, 7) is 2.28. The number of ether oxygens (including phenoxy) is 1. The number of benzene rings is 1. The highest BCUT2D eigenvalue weighted by atomic mass is 79.9. The van der Waals surface area contributed by atoms with E-state index >= 15 is 0 Å². The maximum atomic E-state index is 12.2. The number of likely N-dealkylation sites (tertiary alicyclic amines) is 1. The molecule has 0 atom stereocenters. The zero-order chi connectivity index (χ0) is 12.3. The van der Waals surface area contributed by atoms with Gasteiger partial charge in [0, 0.05) is 30.2 Å². The van der Waals surface area contributed by atoms with E-state index in [9.17, 15) is 4.79 Å². The molecule has 0 saturated carbocycles. The molecule has 17 heavy (non-hydrogen) atoms. The summed E-state index contributed by atoms with van der Waals surface area (Å²) in [5, 5.41) is 0. The van der Waals surface area contributed by atoms with E-state index in [-0.39, 0.29) is 5.91 Å². The van der Waals surface area contributed by atoms with Crippen LogP contribution in [0.25, 0.3) is 0 Å². The SMILES string of the molecule is COCc1cc(C(=O)N2CCCC2)ccc1Br. The van der Waals surface area contributed by atoms with Gasteiger partial charge in [0.2, 0.25) is 0 Å². The van der Waals surface area contributed by atoms with E-state index in [1.165, 1.54) is 0 Å². The van der Waals surface area contributed by atoms with Gasteiger partial charge in [-0.1, -0.05) is 15.9 Å². The number of nitrogens with zero attached hydrogens (tertiary/aromatic N) is 1. The van der Waals surface area contributed by atoms with Crippen LogP contribution in [0.3, 0.4) is 0 Å². The summed E-state index contributed by atoms with van der Waals surface area (Å²) >= 11 is 3.46. The van der Waals surface area contributed by atoms with Gasteiger partial charge in [0.15, 0.2) is 0 Å². The van der Waals surface area contributed by atoms with Crippen LogP contribution in [0.4, 0.5) is 0 Å². The highest BCUT2D eigenvalue weighted by molar-refractivity contribution is 9.10. The van der Waals surface area contributed by atoms with Crippen LogP contribution < -0.4 is 0 Å². The second-order valence-electron chi connectivity index (χ2n) is 4.24. The Morgan fingerprint density at radius 2 is 2.12 bits per heavy atom. The molecule has 1 aliphatic heterocycles. The Hall–Kier alpha value is -0.870. The van der Waals surface area contributed by atoms with Crippen LogP contribution in [-0.4, -0.2) is 31.0 Å². The lowest BCUT2D eigenvalue weighted by molar-refractivity contribution is 0.0792. The molecule has 3 nitrogen and oxygen atoms in total. The van der Waals surface area contributed by atoms with Gasteiger partial charge in [-0.3, -0.25) is 4.79 Å². The quantitative estimate of drug-likeness (QED) is 0.859. The van der Waals surface area contributed by atoms with Gasteiger partial charge < -0.3 is 9.64 Å². The van der Waals surface area contributed by atoms with Crippen molar-refractivity contribution in [3.8, 4) is 0 Å². The minimum atomic E-state index is 0.132. The summed E-state index contributed by atoms with van der Waals surface area (Å²) in [7, 11) is 1.65. The Labute approximate surface area is 110 Å². The van der Waals surface area contributed by atoms with Gasteiger partial charge >= 0.3 is 0 Å². The van der Waals surface area contributed by atoms with Gasteiger partial charge in [-0.2, -0.15) is 0 Å². The number of carbonyl (C=O) groups is 1. The Bertz CT molecular complexity index is 414. The Kier molecular flexibility index (Phi) is 4.18. The molecule has 1 aromatic rings. The summed E-state index contributed by atoms with van der Waals surface area (Å²) in [5.74, 6) is 0.132. The lowest BCUT2D eigenvalue weighted by Crippen LogP contribution is -2.27. The van der Waals surface area contributed by atoms with Gasteiger partial charge in [-0.05, 0) is 36.6 Å². The Balaban J connectivity index is 2.20. The first kappa shape index (κ1) is 12.6. The average molecular weight is 298 g/mol. The molecule has 1 amide bonds. The summed E-state index contributed by atoms with van der Waals surface area (Å²) in [6, 6.07) is 5.69. The predicted octanol–water partition coefficient (Wildman–Crippen LogP) is 2.83. The van der Waals surface area contributed by atoms with Crippen molar-refractivity contribution < 1.29 is 9.53 Å². The normalized spacial score (nSPS) is 15.3. The van der Waals surface area contributed by atoms with E-state index in [0.29, 0.717) is 6.61 Å². The van der Waals surface area contributed by atoms with E-state index in [4.69, 9.17) is 4.74 Å². The second-order valence-corrected chi connectivity index (χ2v) is 5.09. The van der Waals surface area contributed by atoms with Gasteiger partial charge in [-0.15, -0.1) is 0 Å². The summed E-state index contributed by atoms with van der Waals surface area (Å²) in [4.78, 5) is 14.1. The van der Waals surface area contributed by atoms with E-state index < -0.39 is 0 Å². The molecule has 1 fully saturated rings. The van der Waals surface area contributed by atoms with Gasteiger partial charge in [0.25, 0.3) is 5.91 Å². The topological polar surface area (TPSA) is 29.5 Å². The van der Waals surface area contributed by atoms with Gasteiger partial charge in [0.1, 0.15) is 0 Å². The Morgan fingerprint density at radius 1 is 1.41 bits per heavy atom. The van der Waals surface area contributed by atoms with Crippen LogP contribution in [0.2, 0.25) is 0 Å². The molecule has 1 aliphatic rings. The van der Waals surface area contributed by atoms with E-state index in [2.05, 4.69) is 15.9 Å². The molecule has 1 heterocycles. The molecule has 1 saturated heterocycles. The molecule has 0 spiro atoms. The molecule has 1 aromatic carbocycles. The fourth-order valence-corrected chi connectivity index (χ4v) is 2.44. The van der Waals surface area contributed by atoms with Crippen molar-refractivity contribution >= 4 is 21.8 Å². The summed E-state index contributed by atoms with van der Waals surface area (Å²) in [6.07, 6.45) is 2.24. The highest BCUT2D eigenvalue weighted by Crippen LogP contribution is 2.21. The second kappa shape index (κ2) is 5.65. The molecule has 92 valence electrons. The maximum Gasteiger partial charge on any atom is 0.253 e. The molecule has 0 N–H and O–H groups in total. The summed E-state index contributed by atoms with van der Waals surface area (Å²) < 4.78 is 6.10. The molecule has 0 radical (unpaired) electrons. The van der Waals surface area contributed by atoms with Crippen molar-refractivity contribution in [1.82, 2.24) is 4.90 Å². The number of hydrogen-bond acceptors (Lipinski definition) is 2. The maximum absolute atomic E-state index is 12.2. The molecule has 0 aliphatic carbocycles. The Morgan fingerprint density at radius 3 is 2.76 bits per heavy atom. The first-order valence-electron chi connectivity index (χ1n) is 5.79. The third-order valence-corrected chi connectivity index (χ3v) is 3.76.